The zero-order valence-corrected chi connectivity index (χ0v) is 14.3. The molecule has 0 saturated heterocycles. The van der Waals surface area contributed by atoms with Crippen LogP contribution in [-0.2, 0) is 4.74 Å². The quantitative estimate of drug-likeness (QED) is 0.572. The number of aliphatic imine (C=N–C) groups is 1. The zero-order chi connectivity index (χ0) is 16.4. The van der Waals surface area contributed by atoms with Gasteiger partial charge in [0.25, 0.3) is 0 Å². The maximum atomic E-state index is 5.94. The minimum absolute atomic E-state index is 0.00860. The molecule has 22 heavy (non-hydrogen) atoms. The normalized spacial score (nSPS) is 14.3. The Morgan fingerprint density at radius 3 is 2.64 bits per heavy atom. The molecule has 0 saturated carbocycles. The zero-order valence-electron chi connectivity index (χ0n) is 14.3. The molecule has 124 valence electrons. The van der Waals surface area contributed by atoms with E-state index < -0.39 is 0 Å². The fraction of sp³-hybridized carbons (Fsp3) is 0.588. The number of methoxy groups -OCH3 is 1. The van der Waals surface area contributed by atoms with Crippen LogP contribution in [0.15, 0.2) is 29.3 Å². The molecule has 2 N–H and O–H groups in total. The first-order valence-corrected chi connectivity index (χ1v) is 7.82. The van der Waals surface area contributed by atoms with Gasteiger partial charge in [0.15, 0.2) is 5.96 Å². The topological polar surface area (TPSA) is 54.9 Å². The van der Waals surface area contributed by atoms with Gasteiger partial charge in [0.05, 0.1) is 13.2 Å². The molecule has 5 heteroatoms. The third-order valence-electron chi connectivity index (χ3n) is 3.07. The van der Waals surface area contributed by atoms with Crippen LogP contribution < -0.4 is 15.4 Å². The number of hydrogen-bond acceptors (Lipinski definition) is 3. The van der Waals surface area contributed by atoms with Gasteiger partial charge in [0.1, 0.15) is 11.9 Å². The van der Waals surface area contributed by atoms with Crippen LogP contribution in [0.1, 0.15) is 26.3 Å². The van der Waals surface area contributed by atoms with Gasteiger partial charge in [-0.1, -0.05) is 18.2 Å². The van der Waals surface area contributed by atoms with Crippen LogP contribution in [0.4, 0.5) is 0 Å². The summed E-state index contributed by atoms with van der Waals surface area (Å²) in [5.41, 5.74) is 1.14. The highest BCUT2D eigenvalue weighted by Gasteiger charge is 2.08. The highest BCUT2D eigenvalue weighted by atomic mass is 16.5. The van der Waals surface area contributed by atoms with E-state index in [1.807, 2.05) is 45.0 Å². The van der Waals surface area contributed by atoms with Crippen LogP contribution in [0.25, 0.3) is 0 Å². The van der Waals surface area contributed by atoms with E-state index in [4.69, 9.17) is 9.47 Å². The Morgan fingerprint density at radius 1 is 1.27 bits per heavy atom. The predicted molar refractivity (Wildman–Crippen MR) is 91.7 cm³/mol. The van der Waals surface area contributed by atoms with Crippen molar-refractivity contribution >= 4 is 5.96 Å². The van der Waals surface area contributed by atoms with Gasteiger partial charge in [-0.15, -0.1) is 0 Å². The van der Waals surface area contributed by atoms with Gasteiger partial charge in [-0.3, -0.25) is 0 Å². The minimum atomic E-state index is 0.00860. The van der Waals surface area contributed by atoms with Crippen molar-refractivity contribution in [1.29, 1.82) is 0 Å². The van der Waals surface area contributed by atoms with Crippen LogP contribution in [-0.4, -0.2) is 44.9 Å². The smallest absolute Gasteiger partial charge is 0.191 e. The van der Waals surface area contributed by atoms with Crippen molar-refractivity contribution in [1.82, 2.24) is 10.6 Å². The van der Waals surface area contributed by atoms with Crippen LogP contribution in [0.2, 0.25) is 0 Å². The molecule has 0 aromatic heterocycles. The minimum Gasteiger partial charge on any atom is -0.489 e. The molecule has 0 aliphatic heterocycles. The van der Waals surface area contributed by atoms with Crippen LogP contribution in [0.3, 0.4) is 0 Å². The number of ether oxygens (including phenoxy) is 2. The molecule has 0 aliphatic rings. The van der Waals surface area contributed by atoms with Gasteiger partial charge in [0, 0.05) is 19.7 Å². The van der Waals surface area contributed by atoms with Crippen molar-refractivity contribution in [3.05, 3.63) is 29.8 Å². The Balaban J connectivity index is 2.55. The molecule has 2 unspecified atom stereocenters. The summed E-state index contributed by atoms with van der Waals surface area (Å²) in [6.45, 7) is 10.2. The largest absolute Gasteiger partial charge is 0.489 e. The fourth-order valence-electron chi connectivity index (χ4n) is 2.01. The predicted octanol–water partition coefficient (Wildman–Crippen LogP) is 2.35. The SMILES string of the molecule is CCNC(=NCC(C)Oc1ccccc1C)NC(C)COC. The number of nitrogens with one attached hydrogen (secondary N) is 2. The number of hydrogen-bond donors (Lipinski definition) is 2. The first kappa shape index (κ1) is 18.3. The molecule has 0 heterocycles. The fourth-order valence-corrected chi connectivity index (χ4v) is 2.01. The molecule has 1 aromatic rings. The average molecular weight is 307 g/mol. The lowest BCUT2D eigenvalue weighted by Gasteiger charge is -2.19. The van der Waals surface area contributed by atoms with Crippen LogP contribution in [0, 0.1) is 6.92 Å². The van der Waals surface area contributed by atoms with Gasteiger partial charge >= 0.3 is 0 Å². The van der Waals surface area contributed by atoms with Crippen molar-refractivity contribution < 1.29 is 9.47 Å². The second-order valence-corrected chi connectivity index (χ2v) is 5.41. The van der Waals surface area contributed by atoms with Crippen molar-refractivity contribution in [3.8, 4) is 5.75 Å². The number of aryl methyl sites for hydroxylation is 1. The number of rotatable bonds is 8. The maximum absolute atomic E-state index is 5.94. The maximum Gasteiger partial charge on any atom is 0.191 e. The summed E-state index contributed by atoms with van der Waals surface area (Å²) in [5.74, 6) is 1.70. The number of nitrogens with zero attached hydrogens (tertiary/aromatic N) is 1. The van der Waals surface area contributed by atoms with E-state index in [2.05, 4.69) is 22.5 Å². The van der Waals surface area contributed by atoms with E-state index in [-0.39, 0.29) is 12.1 Å². The average Bonchev–Trinajstić information content (AvgIpc) is 2.48. The first-order valence-electron chi connectivity index (χ1n) is 7.82. The van der Waals surface area contributed by atoms with Crippen LogP contribution >= 0.6 is 0 Å². The lowest BCUT2D eigenvalue weighted by Crippen LogP contribution is -2.44. The third kappa shape index (κ3) is 6.80. The van der Waals surface area contributed by atoms with Gasteiger partial charge < -0.3 is 20.1 Å². The van der Waals surface area contributed by atoms with E-state index in [1.165, 1.54) is 0 Å². The van der Waals surface area contributed by atoms with Gasteiger partial charge in [-0.05, 0) is 39.3 Å². The molecule has 0 aliphatic carbocycles. The molecule has 2 atom stereocenters. The van der Waals surface area contributed by atoms with Crippen LogP contribution in [0.5, 0.6) is 5.75 Å². The molecule has 0 spiro atoms. The second-order valence-electron chi connectivity index (χ2n) is 5.41. The van der Waals surface area contributed by atoms with Gasteiger partial charge in [-0.25, -0.2) is 4.99 Å². The molecule has 0 radical (unpaired) electrons. The highest BCUT2D eigenvalue weighted by molar-refractivity contribution is 5.80. The summed E-state index contributed by atoms with van der Waals surface area (Å²) in [6.07, 6.45) is 0.00860. The number of para-hydroxylation sites is 1. The van der Waals surface area contributed by atoms with Gasteiger partial charge in [-0.2, -0.15) is 0 Å². The summed E-state index contributed by atoms with van der Waals surface area (Å²) in [4.78, 5) is 4.58. The summed E-state index contributed by atoms with van der Waals surface area (Å²) < 4.78 is 11.1. The van der Waals surface area contributed by atoms with Crippen molar-refractivity contribution in [2.45, 2.75) is 39.8 Å². The summed E-state index contributed by atoms with van der Waals surface area (Å²) in [7, 11) is 1.69. The molecule has 1 aromatic carbocycles. The van der Waals surface area contributed by atoms with Gasteiger partial charge in [0.2, 0.25) is 0 Å². The Labute approximate surface area is 134 Å². The molecular weight excluding hydrogens is 278 g/mol. The molecular formula is C17H29N3O2. The van der Waals surface area contributed by atoms with Crippen molar-refractivity contribution in [2.24, 2.45) is 4.99 Å². The molecule has 0 bridgehead atoms. The molecule has 0 fully saturated rings. The Hall–Kier alpha value is -1.75. The lowest BCUT2D eigenvalue weighted by atomic mass is 10.2. The second kappa shape index (κ2) is 10.1. The standard InChI is InChI=1S/C17H29N3O2/c1-6-18-17(20-14(3)12-21-5)19-11-15(4)22-16-10-8-7-9-13(16)2/h7-10,14-15H,6,11-12H2,1-5H3,(H2,18,19,20). The Bertz CT molecular complexity index is 463. The van der Waals surface area contributed by atoms with Crippen molar-refractivity contribution in [2.75, 3.05) is 26.8 Å². The summed E-state index contributed by atoms with van der Waals surface area (Å²) in [6, 6.07) is 8.23. The van der Waals surface area contributed by atoms with E-state index >= 15 is 0 Å². The Morgan fingerprint density at radius 2 is 2.00 bits per heavy atom. The van der Waals surface area contributed by atoms with Crippen molar-refractivity contribution in [3.63, 3.8) is 0 Å². The number of guanidine groups is 1. The first-order chi connectivity index (χ1) is 10.6. The number of benzene rings is 1. The van der Waals surface area contributed by atoms with E-state index in [0.29, 0.717) is 13.2 Å². The van der Waals surface area contributed by atoms with E-state index in [9.17, 15) is 0 Å². The summed E-state index contributed by atoms with van der Waals surface area (Å²) in [5, 5.41) is 6.54. The molecule has 5 nitrogen and oxygen atoms in total. The van der Waals surface area contributed by atoms with E-state index in [1.54, 1.807) is 7.11 Å². The molecule has 0 amide bonds. The van der Waals surface area contributed by atoms with E-state index in [0.717, 1.165) is 23.8 Å². The molecule has 1 rings (SSSR count). The Kier molecular flexibility index (Phi) is 8.36. The third-order valence-corrected chi connectivity index (χ3v) is 3.07. The highest BCUT2D eigenvalue weighted by Crippen LogP contribution is 2.17. The monoisotopic (exact) mass is 307 g/mol. The summed E-state index contributed by atoms with van der Waals surface area (Å²) >= 11 is 0. The lowest BCUT2D eigenvalue weighted by molar-refractivity contribution is 0.179.